The van der Waals surface area contributed by atoms with Gasteiger partial charge in [0.2, 0.25) is 0 Å². The molecule has 2 aliphatic heterocycles. The first-order valence-electron chi connectivity index (χ1n) is 15.3. The monoisotopic (exact) mass is 662 g/mol. The molecule has 7 rings (SSSR count). The van der Waals surface area contributed by atoms with Crippen molar-refractivity contribution < 1.29 is 15.3 Å². The second-order valence-electron chi connectivity index (χ2n) is 12.1. The van der Waals surface area contributed by atoms with Gasteiger partial charge in [-0.3, -0.25) is 9.80 Å². The van der Waals surface area contributed by atoms with Gasteiger partial charge in [-0.15, -0.1) is 45.3 Å². The molecule has 0 amide bonds. The lowest BCUT2D eigenvalue weighted by atomic mass is 9.88. The van der Waals surface area contributed by atoms with Gasteiger partial charge in [0.15, 0.2) is 0 Å². The Morgan fingerprint density at radius 2 is 1.02 bits per heavy atom. The van der Waals surface area contributed by atoms with Gasteiger partial charge in [-0.25, -0.2) is 0 Å². The van der Waals surface area contributed by atoms with Crippen molar-refractivity contribution in [1.82, 2.24) is 9.80 Å². The highest BCUT2D eigenvalue weighted by molar-refractivity contribution is 7.12. The number of likely N-dealkylation sites (tertiary alicyclic amines) is 2. The lowest BCUT2D eigenvalue weighted by Gasteiger charge is -2.39. The summed E-state index contributed by atoms with van der Waals surface area (Å²) in [6.07, 6.45) is 3.79. The van der Waals surface area contributed by atoms with Gasteiger partial charge in [0.1, 0.15) is 17.0 Å². The number of aliphatic hydroxyl groups is 2. The van der Waals surface area contributed by atoms with Crippen LogP contribution in [0.2, 0.25) is 0 Å². The smallest absolute Gasteiger partial charge is 0.148 e. The van der Waals surface area contributed by atoms with E-state index in [4.69, 9.17) is 0 Å². The molecule has 0 bridgehead atoms. The number of hydrogen-bond donors (Lipinski definition) is 3. The average Bonchev–Trinajstić information content (AvgIpc) is 3.87. The summed E-state index contributed by atoms with van der Waals surface area (Å²) < 4.78 is 0. The third-order valence-corrected chi connectivity index (χ3v) is 13.4. The summed E-state index contributed by atoms with van der Waals surface area (Å²) in [6.45, 7) is 4.98. The van der Waals surface area contributed by atoms with E-state index in [1.165, 1.54) is 0 Å². The standard InChI is InChI=1S/C35H38N2O3S4/c1-24-20-25(22-36-14-2-8-27(36)34(39,29-10-4-16-41-29)30-11-5-17-42-30)33(38)26(21-24)23-37-15-3-9-28(37)35(40,31-12-6-18-43-31)32-13-7-19-44-32/h4-7,10-13,16-21,27-28,38-40H,2-3,8-9,14-15,22-23H2,1H3/t27-,28?/m1/s1. The number of hydrogen-bond acceptors (Lipinski definition) is 9. The van der Waals surface area contributed by atoms with E-state index in [1.807, 2.05) is 70.1 Å². The van der Waals surface area contributed by atoms with E-state index in [0.717, 1.165) is 75.0 Å². The number of nitrogens with zero attached hydrogens (tertiary/aromatic N) is 2. The van der Waals surface area contributed by atoms with Gasteiger partial charge in [-0.1, -0.05) is 42.0 Å². The first-order valence-corrected chi connectivity index (χ1v) is 18.8. The third-order valence-electron chi connectivity index (χ3n) is 9.44. The summed E-state index contributed by atoms with van der Waals surface area (Å²) in [4.78, 5) is 8.60. The minimum Gasteiger partial charge on any atom is -0.507 e. The molecule has 2 atom stereocenters. The molecule has 6 heterocycles. The Bertz CT molecular complexity index is 1460. The van der Waals surface area contributed by atoms with Crippen LogP contribution in [-0.4, -0.2) is 50.3 Å². The van der Waals surface area contributed by atoms with Crippen molar-refractivity contribution in [2.75, 3.05) is 13.1 Å². The Labute approximate surface area is 275 Å². The Morgan fingerprint density at radius 1 is 0.659 bits per heavy atom. The molecule has 0 spiro atoms. The zero-order chi connectivity index (χ0) is 30.3. The van der Waals surface area contributed by atoms with Crippen LogP contribution in [0.25, 0.3) is 0 Å². The van der Waals surface area contributed by atoms with Gasteiger partial charge < -0.3 is 15.3 Å². The molecule has 0 aliphatic carbocycles. The van der Waals surface area contributed by atoms with E-state index < -0.39 is 11.2 Å². The van der Waals surface area contributed by atoms with Crippen LogP contribution in [0.1, 0.15) is 61.9 Å². The van der Waals surface area contributed by atoms with Crippen LogP contribution in [0, 0.1) is 6.92 Å². The topological polar surface area (TPSA) is 67.2 Å². The number of phenols is 1. The number of thiophene rings is 4. The minimum atomic E-state index is -1.09. The first-order chi connectivity index (χ1) is 21.4. The molecule has 2 saturated heterocycles. The molecule has 230 valence electrons. The van der Waals surface area contributed by atoms with Crippen molar-refractivity contribution in [3.05, 3.63) is 118 Å². The minimum absolute atomic E-state index is 0.0854. The van der Waals surface area contributed by atoms with Crippen LogP contribution < -0.4 is 0 Å². The zero-order valence-electron chi connectivity index (χ0n) is 24.8. The summed E-state index contributed by atoms with van der Waals surface area (Å²) >= 11 is 6.42. The highest BCUT2D eigenvalue weighted by atomic mass is 32.1. The second-order valence-corrected chi connectivity index (χ2v) is 15.9. The fourth-order valence-corrected chi connectivity index (χ4v) is 11.1. The Morgan fingerprint density at radius 3 is 1.34 bits per heavy atom. The van der Waals surface area contributed by atoms with Crippen LogP contribution in [0.5, 0.6) is 5.75 Å². The molecule has 9 heteroatoms. The molecule has 4 aromatic heterocycles. The largest absolute Gasteiger partial charge is 0.507 e. The summed E-state index contributed by atoms with van der Waals surface area (Å²) in [6, 6.07) is 20.3. The Hall–Kier alpha value is -2.34. The predicted octanol–water partition coefficient (Wildman–Crippen LogP) is 7.75. The maximum Gasteiger partial charge on any atom is 0.148 e. The number of benzene rings is 1. The highest BCUT2D eigenvalue weighted by Crippen LogP contribution is 2.46. The Balaban J connectivity index is 1.18. The third kappa shape index (κ3) is 5.31. The van der Waals surface area contributed by atoms with Crippen molar-refractivity contribution in [3.63, 3.8) is 0 Å². The number of rotatable bonds is 10. The number of aryl methyl sites for hydroxylation is 1. The van der Waals surface area contributed by atoms with E-state index in [-0.39, 0.29) is 12.1 Å². The van der Waals surface area contributed by atoms with E-state index >= 15 is 0 Å². The normalized spacial score (nSPS) is 20.2. The number of aromatic hydroxyl groups is 1. The summed E-state index contributed by atoms with van der Waals surface area (Å²) in [5, 5.41) is 44.7. The molecule has 5 aromatic rings. The molecule has 1 aromatic carbocycles. The Kier molecular flexibility index (Phi) is 8.58. The van der Waals surface area contributed by atoms with Crippen molar-refractivity contribution in [1.29, 1.82) is 0 Å². The van der Waals surface area contributed by atoms with Gasteiger partial charge in [-0.05, 0) is 91.5 Å². The quantitative estimate of drug-likeness (QED) is 0.143. The van der Waals surface area contributed by atoms with E-state index in [9.17, 15) is 15.3 Å². The van der Waals surface area contributed by atoms with Crippen molar-refractivity contribution in [2.45, 2.75) is 69.0 Å². The van der Waals surface area contributed by atoms with Crippen molar-refractivity contribution >= 4 is 45.3 Å². The fourth-order valence-electron chi connectivity index (χ4n) is 7.47. The fraction of sp³-hybridized carbons (Fsp3) is 0.371. The number of phenolic OH excluding ortho intramolecular Hbond substituents is 1. The van der Waals surface area contributed by atoms with E-state index in [2.05, 4.69) is 28.9 Å². The molecule has 2 aliphatic rings. The van der Waals surface area contributed by atoms with Gasteiger partial charge in [0, 0.05) is 55.8 Å². The average molecular weight is 663 g/mol. The second kappa shape index (κ2) is 12.5. The molecule has 0 radical (unpaired) electrons. The molecule has 0 saturated carbocycles. The molecule has 2 fully saturated rings. The lowest BCUT2D eigenvalue weighted by molar-refractivity contribution is -0.00159. The maximum atomic E-state index is 12.4. The lowest BCUT2D eigenvalue weighted by Crippen LogP contribution is -2.47. The van der Waals surface area contributed by atoms with Crippen LogP contribution in [0.15, 0.2) is 82.2 Å². The van der Waals surface area contributed by atoms with Crippen molar-refractivity contribution in [3.8, 4) is 5.75 Å². The first kappa shape index (κ1) is 30.3. The molecule has 3 N–H and O–H groups in total. The molecule has 44 heavy (non-hydrogen) atoms. The van der Waals surface area contributed by atoms with Gasteiger partial charge in [-0.2, -0.15) is 0 Å². The van der Waals surface area contributed by atoms with E-state index in [0.29, 0.717) is 18.8 Å². The summed E-state index contributed by atoms with van der Waals surface area (Å²) in [5.74, 6) is 0.332. The highest BCUT2D eigenvalue weighted by Gasteiger charge is 2.48. The molecular formula is C35H38N2O3S4. The summed E-state index contributed by atoms with van der Waals surface area (Å²) in [5.41, 5.74) is 0.733. The van der Waals surface area contributed by atoms with Crippen LogP contribution >= 0.6 is 45.3 Å². The molecular weight excluding hydrogens is 625 g/mol. The van der Waals surface area contributed by atoms with E-state index in [1.54, 1.807) is 45.3 Å². The van der Waals surface area contributed by atoms with Crippen molar-refractivity contribution in [2.24, 2.45) is 0 Å². The maximum absolute atomic E-state index is 12.4. The van der Waals surface area contributed by atoms with Gasteiger partial charge in [0.25, 0.3) is 0 Å². The molecule has 1 unspecified atom stereocenters. The molecule has 5 nitrogen and oxygen atoms in total. The summed E-state index contributed by atoms with van der Waals surface area (Å²) in [7, 11) is 0. The predicted molar refractivity (Wildman–Crippen MR) is 183 cm³/mol. The van der Waals surface area contributed by atoms with Crippen LogP contribution in [-0.2, 0) is 24.3 Å². The van der Waals surface area contributed by atoms with Crippen LogP contribution in [0.4, 0.5) is 0 Å². The zero-order valence-corrected chi connectivity index (χ0v) is 28.0. The van der Waals surface area contributed by atoms with Crippen LogP contribution in [0.3, 0.4) is 0 Å². The van der Waals surface area contributed by atoms with Gasteiger partial charge >= 0.3 is 0 Å². The SMILES string of the molecule is Cc1cc(CN2CCCC2C(O)(c2cccs2)c2cccs2)c(O)c(CN2CCC[C@@H]2C(O)(c2cccs2)c2cccs2)c1. The van der Waals surface area contributed by atoms with Gasteiger partial charge in [0.05, 0.1) is 0 Å².